The summed E-state index contributed by atoms with van der Waals surface area (Å²) in [5.74, 6) is -0.473. The quantitative estimate of drug-likeness (QED) is 0.730. The number of H-pyrrole nitrogens is 1. The fraction of sp³-hybridized carbons (Fsp3) is 0.0769. The van der Waals surface area contributed by atoms with Crippen LogP contribution in [-0.2, 0) is 21.2 Å². The lowest BCUT2D eigenvalue weighted by Gasteiger charge is -2.07. The first-order valence-electron chi connectivity index (χ1n) is 5.96. The van der Waals surface area contributed by atoms with Gasteiger partial charge >= 0.3 is 0 Å². The van der Waals surface area contributed by atoms with Crippen LogP contribution >= 0.6 is 0 Å². The van der Waals surface area contributed by atoms with Gasteiger partial charge in [-0.05, 0) is 17.7 Å². The Hall–Kier alpha value is -2.61. The number of nitrogens with one attached hydrogen (secondary N) is 2. The Kier molecular flexibility index (Phi) is 4.08. The molecule has 0 spiro atoms. The summed E-state index contributed by atoms with van der Waals surface area (Å²) in [6.45, 7) is 0. The molecule has 0 aliphatic heterocycles. The SMILES string of the molecule is NC(=O)Cc1ccc(NS(=O)(=O)c2c[nH]ccc2=O)cc1. The smallest absolute Gasteiger partial charge is 0.267 e. The molecule has 1 heterocycles. The van der Waals surface area contributed by atoms with Gasteiger partial charge in [-0.15, -0.1) is 0 Å². The maximum absolute atomic E-state index is 12.1. The summed E-state index contributed by atoms with van der Waals surface area (Å²) in [5, 5.41) is 0. The molecule has 0 saturated heterocycles. The van der Waals surface area contributed by atoms with E-state index in [0.717, 1.165) is 12.3 Å². The van der Waals surface area contributed by atoms with Gasteiger partial charge < -0.3 is 10.7 Å². The fourth-order valence-corrected chi connectivity index (χ4v) is 2.83. The van der Waals surface area contributed by atoms with Gasteiger partial charge in [-0.25, -0.2) is 8.42 Å². The van der Waals surface area contributed by atoms with E-state index in [1.165, 1.54) is 18.3 Å². The maximum atomic E-state index is 12.1. The molecule has 4 N–H and O–H groups in total. The third kappa shape index (κ3) is 3.69. The number of rotatable bonds is 5. The molecule has 110 valence electrons. The number of carbonyl (C=O) groups is 1. The van der Waals surface area contributed by atoms with E-state index in [9.17, 15) is 18.0 Å². The van der Waals surface area contributed by atoms with Gasteiger partial charge in [0.2, 0.25) is 11.3 Å². The van der Waals surface area contributed by atoms with Crippen LogP contribution in [0.15, 0.2) is 52.4 Å². The van der Waals surface area contributed by atoms with E-state index >= 15 is 0 Å². The van der Waals surface area contributed by atoms with E-state index in [-0.39, 0.29) is 17.0 Å². The average Bonchev–Trinajstić information content (AvgIpc) is 2.40. The summed E-state index contributed by atoms with van der Waals surface area (Å²) >= 11 is 0. The van der Waals surface area contributed by atoms with Crippen molar-refractivity contribution < 1.29 is 13.2 Å². The molecule has 0 saturated carbocycles. The van der Waals surface area contributed by atoms with E-state index in [2.05, 4.69) is 9.71 Å². The molecular weight excluding hydrogens is 294 g/mol. The molecule has 0 unspecified atom stereocenters. The standard InChI is InChI=1S/C13H13N3O4S/c14-13(18)7-9-1-3-10(4-2-9)16-21(19,20)12-8-15-6-5-11(12)17/h1-6,8,16H,7H2,(H2,14,18)(H,15,17). The fourth-order valence-electron chi connectivity index (χ4n) is 1.71. The van der Waals surface area contributed by atoms with Gasteiger partial charge in [0.15, 0.2) is 4.90 Å². The topological polar surface area (TPSA) is 122 Å². The van der Waals surface area contributed by atoms with Crippen molar-refractivity contribution in [3.63, 3.8) is 0 Å². The molecule has 0 aliphatic rings. The number of primary amides is 1. The Balaban J connectivity index is 2.23. The van der Waals surface area contributed by atoms with Gasteiger partial charge in [-0.2, -0.15) is 0 Å². The van der Waals surface area contributed by atoms with Crippen molar-refractivity contribution in [3.8, 4) is 0 Å². The van der Waals surface area contributed by atoms with Crippen LogP contribution in [0.4, 0.5) is 5.69 Å². The molecule has 1 aromatic carbocycles. The molecule has 0 radical (unpaired) electrons. The Morgan fingerprint density at radius 3 is 2.43 bits per heavy atom. The van der Waals surface area contributed by atoms with E-state index < -0.39 is 21.4 Å². The van der Waals surface area contributed by atoms with Crippen LogP contribution in [0.3, 0.4) is 0 Å². The number of pyridine rings is 1. The molecule has 7 nitrogen and oxygen atoms in total. The number of aromatic amines is 1. The Morgan fingerprint density at radius 1 is 1.19 bits per heavy atom. The van der Waals surface area contributed by atoms with Gasteiger partial charge in [0.05, 0.1) is 6.42 Å². The summed E-state index contributed by atoms with van der Waals surface area (Å²) in [5.41, 5.74) is 5.42. The molecule has 0 fully saturated rings. The monoisotopic (exact) mass is 307 g/mol. The summed E-state index contributed by atoms with van der Waals surface area (Å²) in [7, 11) is -3.97. The Bertz CT molecular complexity index is 810. The Morgan fingerprint density at radius 2 is 1.86 bits per heavy atom. The van der Waals surface area contributed by atoms with Crippen LogP contribution in [0.2, 0.25) is 0 Å². The zero-order chi connectivity index (χ0) is 15.5. The first-order valence-corrected chi connectivity index (χ1v) is 7.44. The first-order chi connectivity index (χ1) is 9.88. The number of benzene rings is 1. The van der Waals surface area contributed by atoms with Crippen molar-refractivity contribution in [2.45, 2.75) is 11.3 Å². The van der Waals surface area contributed by atoms with Crippen molar-refractivity contribution in [2.75, 3.05) is 4.72 Å². The van der Waals surface area contributed by atoms with Crippen molar-refractivity contribution in [3.05, 3.63) is 58.5 Å². The third-order valence-corrected chi connectivity index (χ3v) is 4.06. The van der Waals surface area contributed by atoms with Gasteiger partial charge in [-0.3, -0.25) is 14.3 Å². The molecule has 1 amide bonds. The van der Waals surface area contributed by atoms with Crippen LogP contribution < -0.4 is 15.9 Å². The highest BCUT2D eigenvalue weighted by molar-refractivity contribution is 7.92. The number of hydrogen-bond donors (Lipinski definition) is 3. The van der Waals surface area contributed by atoms with Crippen LogP contribution in [0.25, 0.3) is 0 Å². The molecule has 8 heteroatoms. The van der Waals surface area contributed by atoms with E-state index in [1.54, 1.807) is 12.1 Å². The number of carbonyl (C=O) groups excluding carboxylic acids is 1. The first kappa shape index (κ1) is 14.8. The molecule has 2 aromatic rings. The Labute approximate surface area is 120 Å². The predicted molar refractivity (Wildman–Crippen MR) is 77.2 cm³/mol. The summed E-state index contributed by atoms with van der Waals surface area (Å²) in [6, 6.07) is 7.28. The van der Waals surface area contributed by atoms with E-state index in [0.29, 0.717) is 5.56 Å². The lowest BCUT2D eigenvalue weighted by atomic mass is 10.1. The lowest BCUT2D eigenvalue weighted by molar-refractivity contribution is -0.117. The number of nitrogens with two attached hydrogens (primary N) is 1. The zero-order valence-corrected chi connectivity index (χ0v) is 11.7. The minimum absolute atomic E-state index is 0.0748. The highest BCUT2D eigenvalue weighted by Gasteiger charge is 2.17. The lowest BCUT2D eigenvalue weighted by Crippen LogP contribution is -2.21. The van der Waals surface area contributed by atoms with Gasteiger partial charge in [0, 0.05) is 24.1 Å². The van der Waals surface area contributed by atoms with Crippen LogP contribution in [0, 0.1) is 0 Å². The van der Waals surface area contributed by atoms with Crippen LogP contribution in [-0.4, -0.2) is 19.3 Å². The number of anilines is 1. The molecule has 21 heavy (non-hydrogen) atoms. The molecular formula is C13H13N3O4S. The number of aromatic nitrogens is 1. The highest BCUT2D eigenvalue weighted by Crippen LogP contribution is 2.14. The second-order valence-electron chi connectivity index (χ2n) is 4.32. The van der Waals surface area contributed by atoms with Gasteiger partial charge in [0.25, 0.3) is 10.0 Å². The molecule has 1 aromatic heterocycles. The summed E-state index contributed by atoms with van der Waals surface area (Å²) in [4.78, 5) is 24.5. The van der Waals surface area contributed by atoms with Gasteiger partial charge in [-0.1, -0.05) is 12.1 Å². The predicted octanol–water partition coefficient (Wildman–Crippen LogP) is 0.203. The minimum atomic E-state index is -3.97. The highest BCUT2D eigenvalue weighted by atomic mass is 32.2. The summed E-state index contributed by atoms with van der Waals surface area (Å²) < 4.78 is 26.5. The second-order valence-corrected chi connectivity index (χ2v) is 5.97. The largest absolute Gasteiger partial charge is 0.369 e. The number of amides is 1. The second kappa shape index (κ2) is 5.80. The zero-order valence-electron chi connectivity index (χ0n) is 10.9. The average molecular weight is 307 g/mol. The third-order valence-electron chi connectivity index (χ3n) is 2.66. The van der Waals surface area contributed by atoms with Crippen molar-refractivity contribution in [1.82, 2.24) is 4.98 Å². The van der Waals surface area contributed by atoms with Crippen LogP contribution in [0.5, 0.6) is 0 Å². The molecule has 0 bridgehead atoms. The van der Waals surface area contributed by atoms with Crippen molar-refractivity contribution in [1.29, 1.82) is 0 Å². The normalized spacial score (nSPS) is 11.0. The van der Waals surface area contributed by atoms with E-state index in [4.69, 9.17) is 5.73 Å². The number of sulfonamides is 1. The van der Waals surface area contributed by atoms with Crippen molar-refractivity contribution >= 4 is 21.6 Å². The van der Waals surface area contributed by atoms with E-state index in [1.807, 2.05) is 0 Å². The molecule has 2 rings (SSSR count). The number of hydrogen-bond acceptors (Lipinski definition) is 4. The molecule has 0 atom stereocenters. The van der Waals surface area contributed by atoms with Gasteiger partial charge in [0.1, 0.15) is 0 Å². The van der Waals surface area contributed by atoms with Crippen molar-refractivity contribution in [2.24, 2.45) is 5.73 Å². The van der Waals surface area contributed by atoms with Crippen LogP contribution in [0.1, 0.15) is 5.56 Å². The summed E-state index contributed by atoms with van der Waals surface area (Å²) in [6.07, 6.45) is 2.54. The maximum Gasteiger partial charge on any atom is 0.267 e. The minimum Gasteiger partial charge on any atom is -0.369 e. The molecule has 0 aliphatic carbocycles.